The van der Waals surface area contributed by atoms with E-state index in [1.54, 1.807) is 30.4 Å². The predicted molar refractivity (Wildman–Crippen MR) is 107 cm³/mol. The summed E-state index contributed by atoms with van der Waals surface area (Å²) in [6, 6.07) is 11.8. The summed E-state index contributed by atoms with van der Waals surface area (Å²) in [6.07, 6.45) is 4.66. The molecule has 0 radical (unpaired) electrons. The van der Waals surface area contributed by atoms with Crippen LogP contribution in [0.4, 0.5) is 16.2 Å². The third-order valence-corrected chi connectivity index (χ3v) is 4.96. The third kappa shape index (κ3) is 4.55. The van der Waals surface area contributed by atoms with E-state index >= 15 is 0 Å². The normalized spacial score (nSPS) is 15.4. The van der Waals surface area contributed by atoms with Gasteiger partial charge in [-0.3, -0.25) is 34.7 Å². The number of allylic oxidation sites excluding steroid dienone is 2. The van der Waals surface area contributed by atoms with Crippen molar-refractivity contribution in [2.24, 2.45) is 0 Å². The highest BCUT2D eigenvalue weighted by atomic mass is 32.2. The number of rotatable bonds is 6. The Labute approximate surface area is 168 Å². The monoisotopic (exact) mass is 411 g/mol. The lowest BCUT2D eigenvalue weighted by molar-refractivity contribution is -0.385. The van der Waals surface area contributed by atoms with Gasteiger partial charge in [0.15, 0.2) is 0 Å². The maximum atomic E-state index is 12.5. The van der Waals surface area contributed by atoms with Gasteiger partial charge in [0.25, 0.3) is 22.5 Å². The number of thioether (sulfide) groups is 1. The Hall–Kier alpha value is -3.79. The Morgan fingerprint density at radius 1 is 0.966 bits per heavy atom. The molecule has 0 atom stereocenters. The highest BCUT2D eigenvalue weighted by Gasteiger charge is 2.35. The molecule has 9 nitrogen and oxygen atoms in total. The van der Waals surface area contributed by atoms with Crippen molar-refractivity contribution >= 4 is 40.4 Å². The molecule has 1 fully saturated rings. The van der Waals surface area contributed by atoms with Gasteiger partial charge in [0.1, 0.15) is 0 Å². The van der Waals surface area contributed by atoms with Crippen molar-refractivity contribution in [1.29, 1.82) is 0 Å². The number of nitrogens with zero attached hydrogens (tertiary/aromatic N) is 3. The van der Waals surface area contributed by atoms with E-state index in [2.05, 4.69) is 0 Å². The molecule has 1 saturated heterocycles. The van der Waals surface area contributed by atoms with Crippen LogP contribution in [0.5, 0.6) is 0 Å². The summed E-state index contributed by atoms with van der Waals surface area (Å²) < 4.78 is 0. The largest absolute Gasteiger partial charge is 0.293 e. The first-order valence-electron chi connectivity index (χ1n) is 8.25. The first kappa shape index (κ1) is 20.0. The summed E-state index contributed by atoms with van der Waals surface area (Å²) in [7, 11) is 0. The van der Waals surface area contributed by atoms with Crippen LogP contribution in [0.3, 0.4) is 0 Å². The van der Waals surface area contributed by atoms with Crippen LogP contribution in [0, 0.1) is 20.2 Å². The second kappa shape index (κ2) is 8.48. The molecule has 0 N–H and O–H groups in total. The molecule has 10 heteroatoms. The van der Waals surface area contributed by atoms with Crippen LogP contribution in [0.1, 0.15) is 11.1 Å². The van der Waals surface area contributed by atoms with Crippen molar-refractivity contribution in [3.8, 4) is 0 Å². The van der Waals surface area contributed by atoms with Crippen molar-refractivity contribution in [3.63, 3.8) is 0 Å². The van der Waals surface area contributed by atoms with E-state index in [1.807, 2.05) is 0 Å². The van der Waals surface area contributed by atoms with Gasteiger partial charge >= 0.3 is 0 Å². The molecule has 0 saturated carbocycles. The van der Waals surface area contributed by atoms with Crippen molar-refractivity contribution in [3.05, 3.63) is 96.9 Å². The Morgan fingerprint density at radius 3 is 2.31 bits per heavy atom. The minimum Gasteiger partial charge on any atom is -0.268 e. The molecular weight excluding hydrogens is 398 g/mol. The summed E-state index contributed by atoms with van der Waals surface area (Å²) in [6.45, 7) is -0.189. The van der Waals surface area contributed by atoms with E-state index in [4.69, 9.17) is 0 Å². The van der Waals surface area contributed by atoms with E-state index in [9.17, 15) is 29.8 Å². The van der Waals surface area contributed by atoms with Gasteiger partial charge < -0.3 is 0 Å². The minimum absolute atomic E-state index is 0.0294. The smallest absolute Gasteiger partial charge is 0.268 e. The minimum atomic E-state index is -0.558. The number of hydrogen-bond donors (Lipinski definition) is 0. The lowest BCUT2D eigenvalue weighted by Gasteiger charge is -2.12. The first-order valence-corrected chi connectivity index (χ1v) is 9.07. The fourth-order valence-corrected chi connectivity index (χ4v) is 3.39. The SMILES string of the molecule is O=C1S/C(=C\C=C\c2ccc([N+](=O)[O-])cc2)C(=O)N1Cc1ccccc1[N+](=O)[O-]. The topological polar surface area (TPSA) is 124 Å². The van der Waals surface area contributed by atoms with Gasteiger partial charge in [0.2, 0.25) is 0 Å². The zero-order valence-corrected chi connectivity index (χ0v) is 15.6. The number of carbonyl (C=O) groups is 2. The number of amides is 2. The van der Waals surface area contributed by atoms with Crippen LogP contribution in [0.15, 0.2) is 65.6 Å². The summed E-state index contributed by atoms with van der Waals surface area (Å²) >= 11 is 0.745. The molecule has 29 heavy (non-hydrogen) atoms. The average molecular weight is 411 g/mol. The molecule has 3 rings (SSSR count). The number of para-hydroxylation sites is 1. The van der Waals surface area contributed by atoms with E-state index in [1.165, 1.54) is 36.4 Å². The van der Waals surface area contributed by atoms with E-state index in [0.29, 0.717) is 5.56 Å². The first-order chi connectivity index (χ1) is 13.9. The molecule has 0 aromatic heterocycles. The molecule has 2 amide bonds. The second-order valence-electron chi connectivity index (χ2n) is 5.88. The maximum absolute atomic E-state index is 12.5. The third-order valence-electron chi connectivity index (χ3n) is 4.03. The highest BCUT2D eigenvalue weighted by Crippen LogP contribution is 2.33. The van der Waals surface area contributed by atoms with Gasteiger partial charge in [0, 0.05) is 23.8 Å². The Kier molecular flexibility index (Phi) is 5.84. The summed E-state index contributed by atoms with van der Waals surface area (Å²) in [5.74, 6) is -0.536. The Bertz CT molecular complexity index is 1060. The maximum Gasteiger partial charge on any atom is 0.293 e. The lowest BCUT2D eigenvalue weighted by Crippen LogP contribution is -2.27. The van der Waals surface area contributed by atoms with Gasteiger partial charge in [0.05, 0.1) is 21.3 Å². The predicted octanol–water partition coefficient (Wildman–Crippen LogP) is 4.30. The van der Waals surface area contributed by atoms with Crippen molar-refractivity contribution < 1.29 is 19.4 Å². The van der Waals surface area contributed by atoms with Crippen LogP contribution in [0.2, 0.25) is 0 Å². The summed E-state index contributed by atoms with van der Waals surface area (Å²) in [5, 5.41) is 21.3. The van der Waals surface area contributed by atoms with Crippen LogP contribution < -0.4 is 0 Å². The summed E-state index contributed by atoms with van der Waals surface area (Å²) in [4.78, 5) is 46.5. The number of nitro groups is 2. The van der Waals surface area contributed by atoms with E-state index in [-0.39, 0.29) is 28.4 Å². The Balaban J connectivity index is 1.73. The fraction of sp³-hybridized carbons (Fsp3) is 0.0526. The molecule has 0 unspecified atom stereocenters. The zero-order valence-electron chi connectivity index (χ0n) is 14.8. The average Bonchev–Trinajstić information content (AvgIpc) is 2.96. The molecule has 2 aromatic rings. The van der Waals surface area contributed by atoms with Gasteiger partial charge in [-0.25, -0.2) is 0 Å². The molecule has 0 bridgehead atoms. The second-order valence-corrected chi connectivity index (χ2v) is 6.88. The van der Waals surface area contributed by atoms with E-state index in [0.717, 1.165) is 16.7 Å². The molecule has 2 aromatic carbocycles. The Morgan fingerprint density at radius 2 is 1.66 bits per heavy atom. The molecular formula is C19H13N3O6S. The number of benzene rings is 2. The van der Waals surface area contributed by atoms with Crippen LogP contribution in [-0.2, 0) is 11.3 Å². The number of carbonyl (C=O) groups excluding carboxylic acids is 2. The number of hydrogen-bond acceptors (Lipinski definition) is 7. The molecule has 1 aliphatic rings. The number of non-ortho nitro benzene ring substituents is 1. The van der Waals surface area contributed by atoms with E-state index < -0.39 is 21.0 Å². The van der Waals surface area contributed by atoms with Crippen LogP contribution in [0.25, 0.3) is 6.08 Å². The lowest BCUT2D eigenvalue weighted by atomic mass is 10.1. The molecule has 0 spiro atoms. The van der Waals surface area contributed by atoms with Gasteiger partial charge in [-0.15, -0.1) is 0 Å². The van der Waals surface area contributed by atoms with Gasteiger partial charge in [-0.1, -0.05) is 30.4 Å². The van der Waals surface area contributed by atoms with Gasteiger partial charge in [-0.05, 0) is 35.5 Å². The number of nitro benzene ring substituents is 2. The van der Waals surface area contributed by atoms with Crippen LogP contribution in [-0.4, -0.2) is 25.9 Å². The highest BCUT2D eigenvalue weighted by molar-refractivity contribution is 8.18. The standard InChI is InChI=1S/C19H13N3O6S/c23-18-17(7-3-4-13-8-10-15(11-9-13)21(25)26)29-19(24)20(18)12-14-5-1-2-6-16(14)22(27)28/h1-11H,12H2/b4-3+,17-7-. The molecule has 1 aliphatic heterocycles. The molecule has 146 valence electrons. The summed E-state index contributed by atoms with van der Waals surface area (Å²) in [5.41, 5.74) is 0.764. The van der Waals surface area contributed by atoms with Crippen molar-refractivity contribution in [1.82, 2.24) is 4.90 Å². The fourth-order valence-electron chi connectivity index (χ4n) is 2.60. The zero-order chi connectivity index (χ0) is 21.0. The number of imide groups is 1. The van der Waals surface area contributed by atoms with Crippen molar-refractivity contribution in [2.75, 3.05) is 0 Å². The van der Waals surface area contributed by atoms with Crippen LogP contribution >= 0.6 is 11.8 Å². The van der Waals surface area contributed by atoms with Crippen molar-refractivity contribution in [2.45, 2.75) is 6.54 Å². The quantitative estimate of drug-likeness (QED) is 0.394. The molecule has 0 aliphatic carbocycles. The molecule has 1 heterocycles. The van der Waals surface area contributed by atoms with Gasteiger partial charge in [-0.2, -0.15) is 0 Å².